The van der Waals surface area contributed by atoms with Crippen LogP contribution in [0.3, 0.4) is 0 Å². The first-order valence-corrected chi connectivity index (χ1v) is 18.3. The van der Waals surface area contributed by atoms with Crippen molar-refractivity contribution in [2.24, 2.45) is 5.41 Å². The van der Waals surface area contributed by atoms with Gasteiger partial charge >= 0.3 is 30.4 Å². The number of amides is 3. The summed E-state index contributed by atoms with van der Waals surface area (Å²) < 4.78 is 85.5. The number of thiazole rings is 1. The van der Waals surface area contributed by atoms with Gasteiger partial charge in [0.15, 0.2) is 11.7 Å². The highest BCUT2D eigenvalue weighted by Gasteiger charge is 2.45. The molecule has 14 nitrogen and oxygen atoms in total. The normalized spacial score (nSPS) is 13.7. The lowest BCUT2D eigenvalue weighted by atomic mass is 9.93. The van der Waals surface area contributed by atoms with E-state index >= 15 is 0 Å². The first kappa shape index (κ1) is 41.7. The molecule has 5 N–H and O–H groups in total. The van der Waals surface area contributed by atoms with Crippen LogP contribution in [0.15, 0.2) is 66.7 Å². The molecule has 306 valence electrons. The van der Waals surface area contributed by atoms with E-state index in [1.54, 1.807) is 26.0 Å². The molecule has 0 radical (unpaired) electrons. The summed E-state index contributed by atoms with van der Waals surface area (Å²) in [5, 5.41) is 14.2. The standard InChI is InChI=1S/C36H32ClF6N9O5S/c1-33(2,17-45-27(54)28(55)48-32-47-24-12-11-23(15-25(24)58-32)57-36(41,42)43)16-44-26(53)19-3-9-22(10-4-19)46-29-49-30(51-31(50-29)56-18-35(38,39)40)52-34(13-14-34)20-5-7-21(37)8-6-20/h3-12,15H,13-14,16-18H2,1-2H3,(H,44,53)(H,45,54)(H,47,48,55)(H2,46,49,50,51,52). The van der Waals surface area contributed by atoms with Gasteiger partial charge in [0.05, 0.1) is 15.8 Å². The minimum atomic E-state index is -4.88. The maximum Gasteiger partial charge on any atom is 0.573 e. The van der Waals surface area contributed by atoms with Crippen LogP contribution in [-0.2, 0) is 15.1 Å². The number of nitrogens with zero attached hydrogens (tertiary/aromatic N) is 4. The predicted octanol–water partition coefficient (Wildman–Crippen LogP) is 7.33. The van der Waals surface area contributed by atoms with E-state index in [0.717, 1.165) is 29.0 Å². The molecule has 1 fully saturated rings. The van der Waals surface area contributed by atoms with Gasteiger partial charge in [-0.2, -0.15) is 28.1 Å². The molecule has 0 unspecified atom stereocenters. The Bertz CT molecular complexity index is 2300. The van der Waals surface area contributed by atoms with Crippen LogP contribution in [0.5, 0.6) is 11.8 Å². The Kier molecular flexibility index (Phi) is 11.8. The maximum atomic E-state index is 13.0. The summed E-state index contributed by atoms with van der Waals surface area (Å²) in [5.41, 5.74) is 0.532. The fraction of sp³-hybridized carbons (Fsp3) is 0.306. The van der Waals surface area contributed by atoms with Crippen LogP contribution < -0.4 is 36.1 Å². The maximum absolute atomic E-state index is 13.0. The molecular weight excluding hydrogens is 820 g/mol. The number of aromatic nitrogens is 4. The molecule has 1 saturated carbocycles. The predicted molar refractivity (Wildman–Crippen MR) is 201 cm³/mol. The average molecular weight is 852 g/mol. The summed E-state index contributed by atoms with van der Waals surface area (Å²) in [6.07, 6.45) is -8.10. The molecule has 3 amide bonds. The average Bonchev–Trinajstić information content (AvgIpc) is 3.81. The van der Waals surface area contributed by atoms with Crippen molar-refractivity contribution in [1.29, 1.82) is 0 Å². The second kappa shape index (κ2) is 16.5. The molecule has 3 aromatic carbocycles. The van der Waals surface area contributed by atoms with Crippen LogP contribution >= 0.6 is 22.9 Å². The molecule has 1 aliphatic carbocycles. The fourth-order valence-electron chi connectivity index (χ4n) is 5.30. The molecule has 2 heterocycles. The van der Waals surface area contributed by atoms with Gasteiger partial charge < -0.3 is 30.7 Å². The van der Waals surface area contributed by atoms with E-state index in [2.05, 4.69) is 51.3 Å². The number of halogens is 7. The fourth-order valence-corrected chi connectivity index (χ4v) is 6.32. The molecule has 2 aromatic heterocycles. The van der Waals surface area contributed by atoms with Crippen LogP contribution in [-0.4, -0.2) is 69.9 Å². The van der Waals surface area contributed by atoms with Crippen molar-refractivity contribution in [3.63, 3.8) is 0 Å². The number of rotatable bonds is 14. The summed E-state index contributed by atoms with van der Waals surface area (Å²) >= 11 is 6.87. The molecule has 0 bridgehead atoms. The van der Waals surface area contributed by atoms with Gasteiger partial charge in [0.1, 0.15) is 5.75 Å². The van der Waals surface area contributed by atoms with Crippen molar-refractivity contribution in [2.75, 3.05) is 35.6 Å². The number of hydrogen-bond acceptors (Lipinski definition) is 12. The third kappa shape index (κ3) is 11.6. The van der Waals surface area contributed by atoms with E-state index in [9.17, 15) is 40.7 Å². The smallest absolute Gasteiger partial charge is 0.454 e. The molecule has 6 rings (SSSR count). The summed E-state index contributed by atoms with van der Waals surface area (Å²) in [5.74, 6) is -3.13. The highest BCUT2D eigenvalue weighted by atomic mass is 35.5. The number of fused-ring (bicyclic) bond motifs is 1. The van der Waals surface area contributed by atoms with E-state index in [0.29, 0.717) is 23.6 Å². The minimum absolute atomic E-state index is 0.0152. The largest absolute Gasteiger partial charge is 0.573 e. The number of nitrogens with one attached hydrogen (secondary N) is 5. The SMILES string of the molecule is CC(C)(CNC(=O)C(=O)Nc1nc2ccc(OC(F)(F)F)cc2s1)CNC(=O)c1ccc(Nc2nc(NC3(c4ccc(Cl)cc4)CC3)nc(OCC(F)(F)F)n2)cc1. The summed E-state index contributed by atoms with van der Waals surface area (Å²) in [7, 11) is 0. The summed E-state index contributed by atoms with van der Waals surface area (Å²) in [6, 6.07) is 16.1. The van der Waals surface area contributed by atoms with E-state index in [1.165, 1.54) is 30.3 Å². The Labute approximate surface area is 334 Å². The van der Waals surface area contributed by atoms with Crippen molar-refractivity contribution in [3.05, 3.63) is 82.9 Å². The van der Waals surface area contributed by atoms with Crippen LogP contribution in [0.25, 0.3) is 10.2 Å². The number of benzene rings is 3. The van der Waals surface area contributed by atoms with Gasteiger partial charge in [-0.1, -0.05) is 48.9 Å². The van der Waals surface area contributed by atoms with Crippen LogP contribution in [0, 0.1) is 5.41 Å². The third-order valence-electron chi connectivity index (χ3n) is 8.36. The van der Waals surface area contributed by atoms with Gasteiger partial charge in [0.25, 0.3) is 5.91 Å². The van der Waals surface area contributed by atoms with E-state index in [1.807, 2.05) is 12.1 Å². The topological polar surface area (TPSA) is 181 Å². The first-order valence-electron chi connectivity index (χ1n) is 17.1. The van der Waals surface area contributed by atoms with Gasteiger partial charge in [-0.25, -0.2) is 4.98 Å². The van der Waals surface area contributed by atoms with Crippen LogP contribution in [0.4, 0.5) is 49.1 Å². The molecule has 58 heavy (non-hydrogen) atoms. The van der Waals surface area contributed by atoms with Crippen molar-refractivity contribution in [1.82, 2.24) is 30.6 Å². The molecule has 22 heteroatoms. The Morgan fingerprint density at radius 3 is 2.16 bits per heavy atom. The Balaban J connectivity index is 1.01. The number of carbonyl (C=O) groups is 3. The highest BCUT2D eigenvalue weighted by Crippen LogP contribution is 2.48. The molecule has 0 spiro atoms. The monoisotopic (exact) mass is 851 g/mol. The number of hydrogen-bond donors (Lipinski definition) is 5. The third-order valence-corrected chi connectivity index (χ3v) is 9.54. The number of ether oxygens (including phenoxy) is 2. The quantitative estimate of drug-likeness (QED) is 0.0558. The van der Waals surface area contributed by atoms with E-state index in [-0.39, 0.29) is 45.9 Å². The van der Waals surface area contributed by atoms with Gasteiger partial charge in [-0.05, 0) is 72.4 Å². The van der Waals surface area contributed by atoms with E-state index < -0.39 is 59.6 Å². The zero-order chi connectivity index (χ0) is 41.9. The Hall–Kier alpha value is -5.96. The number of carbonyl (C=O) groups excluding carboxylic acids is 3. The zero-order valence-corrected chi connectivity index (χ0v) is 31.8. The van der Waals surface area contributed by atoms with Gasteiger partial charge in [-0.3, -0.25) is 19.7 Å². The van der Waals surface area contributed by atoms with E-state index in [4.69, 9.17) is 16.3 Å². The lowest BCUT2D eigenvalue weighted by Gasteiger charge is -2.25. The number of anilines is 4. The lowest BCUT2D eigenvalue weighted by Crippen LogP contribution is -2.44. The molecular formula is C36H32ClF6N9O5S. The molecule has 1 aliphatic rings. The highest BCUT2D eigenvalue weighted by molar-refractivity contribution is 7.22. The van der Waals surface area contributed by atoms with Crippen LogP contribution in [0.2, 0.25) is 5.02 Å². The molecule has 0 saturated heterocycles. The van der Waals surface area contributed by atoms with Crippen molar-refractivity contribution in [3.8, 4) is 11.8 Å². The van der Waals surface area contributed by atoms with Crippen LogP contribution in [0.1, 0.15) is 42.6 Å². The van der Waals surface area contributed by atoms with Gasteiger partial charge in [-0.15, -0.1) is 13.2 Å². The second-order valence-electron chi connectivity index (χ2n) is 13.8. The molecule has 0 atom stereocenters. The summed E-state index contributed by atoms with van der Waals surface area (Å²) in [4.78, 5) is 54.5. The zero-order valence-electron chi connectivity index (χ0n) is 30.3. The van der Waals surface area contributed by atoms with Gasteiger partial charge in [0, 0.05) is 35.4 Å². The van der Waals surface area contributed by atoms with Gasteiger partial charge in [0.2, 0.25) is 11.9 Å². The minimum Gasteiger partial charge on any atom is -0.454 e. The number of alkyl halides is 6. The summed E-state index contributed by atoms with van der Waals surface area (Å²) in [6.45, 7) is 1.89. The second-order valence-corrected chi connectivity index (χ2v) is 15.2. The first-order chi connectivity index (χ1) is 27.2. The van der Waals surface area contributed by atoms with Crippen molar-refractivity contribution in [2.45, 2.75) is 44.8 Å². The Morgan fingerprint density at radius 1 is 0.828 bits per heavy atom. The molecule has 0 aliphatic heterocycles. The van der Waals surface area contributed by atoms with Crippen molar-refractivity contribution >= 4 is 73.6 Å². The van der Waals surface area contributed by atoms with Crippen molar-refractivity contribution < 1.29 is 50.2 Å². The molecule has 5 aromatic rings. The lowest BCUT2D eigenvalue weighted by molar-refractivity contribution is -0.274. The Morgan fingerprint density at radius 2 is 1.50 bits per heavy atom.